The largest absolute Gasteiger partial charge is 0.467 e. The van der Waals surface area contributed by atoms with E-state index in [1.54, 1.807) is 4.90 Å². The Morgan fingerprint density at radius 2 is 2.08 bits per heavy atom. The van der Waals surface area contributed by atoms with Crippen LogP contribution in [0.2, 0.25) is 0 Å². The van der Waals surface area contributed by atoms with Gasteiger partial charge in [0, 0.05) is 16.7 Å². The van der Waals surface area contributed by atoms with Crippen LogP contribution in [0.15, 0.2) is 53.3 Å². The molecule has 0 spiro atoms. The Bertz CT molecular complexity index is 945. The van der Waals surface area contributed by atoms with Gasteiger partial charge in [-0.15, -0.1) is 0 Å². The average molecular weight is 398 g/mol. The maximum absolute atomic E-state index is 12.7. The summed E-state index contributed by atoms with van der Waals surface area (Å²) in [6, 6.07) is 13.7. The van der Waals surface area contributed by atoms with Gasteiger partial charge in [0.25, 0.3) is 5.91 Å². The van der Waals surface area contributed by atoms with Gasteiger partial charge in [-0.05, 0) is 42.7 Å². The minimum atomic E-state index is -0.0612. The summed E-state index contributed by atoms with van der Waals surface area (Å²) in [4.78, 5) is 22.9. The molecule has 0 N–H and O–H groups in total. The van der Waals surface area contributed by atoms with Crippen LogP contribution < -0.4 is 9.64 Å². The number of hydrogen-bond donors (Lipinski definition) is 0. The maximum atomic E-state index is 12.7. The molecular formula is C19H16BrN3O2. The number of benzene rings is 2. The average Bonchev–Trinajstić information content (AvgIpc) is 2.65. The second kappa shape index (κ2) is 6.80. The lowest BCUT2D eigenvalue weighted by Gasteiger charge is -2.29. The molecule has 3 aromatic rings. The molecule has 6 heteroatoms. The van der Waals surface area contributed by atoms with Crippen LogP contribution in [0, 0.1) is 0 Å². The fraction of sp³-hybridized carbons (Fsp3) is 0.211. The molecule has 2 aromatic carbocycles. The lowest BCUT2D eigenvalue weighted by molar-refractivity contribution is -0.120. The quantitative estimate of drug-likeness (QED) is 0.675. The molecule has 4 rings (SSSR count). The van der Waals surface area contributed by atoms with Crippen molar-refractivity contribution in [2.75, 3.05) is 18.1 Å². The van der Waals surface area contributed by atoms with E-state index in [2.05, 4.69) is 32.0 Å². The van der Waals surface area contributed by atoms with Crippen LogP contribution in [0.4, 0.5) is 5.69 Å². The smallest absolute Gasteiger partial charge is 0.264 e. The van der Waals surface area contributed by atoms with Gasteiger partial charge >= 0.3 is 0 Å². The van der Waals surface area contributed by atoms with Crippen molar-refractivity contribution in [2.45, 2.75) is 12.8 Å². The van der Waals surface area contributed by atoms with E-state index in [0.717, 1.165) is 40.4 Å². The molecule has 0 bridgehead atoms. The first-order chi connectivity index (χ1) is 12.2. The Morgan fingerprint density at radius 3 is 3.00 bits per heavy atom. The molecule has 1 aliphatic rings. The van der Waals surface area contributed by atoms with Crippen LogP contribution in [0.3, 0.4) is 0 Å². The van der Waals surface area contributed by atoms with E-state index in [1.165, 1.54) is 11.9 Å². The van der Waals surface area contributed by atoms with Gasteiger partial charge in [-0.1, -0.05) is 34.1 Å². The number of carbonyl (C=O) groups is 1. The number of aryl methyl sites for hydroxylation is 1. The summed E-state index contributed by atoms with van der Waals surface area (Å²) in [5.74, 6) is 0.360. The summed E-state index contributed by atoms with van der Waals surface area (Å²) in [7, 11) is 0. The second-order valence-corrected chi connectivity index (χ2v) is 6.82. The van der Waals surface area contributed by atoms with E-state index in [4.69, 9.17) is 4.74 Å². The van der Waals surface area contributed by atoms with Crippen molar-refractivity contribution in [3.8, 4) is 5.88 Å². The van der Waals surface area contributed by atoms with Crippen molar-refractivity contribution in [3.63, 3.8) is 0 Å². The van der Waals surface area contributed by atoms with E-state index in [9.17, 15) is 4.79 Å². The number of aromatic nitrogens is 2. The minimum Gasteiger partial charge on any atom is -0.467 e. The van der Waals surface area contributed by atoms with Gasteiger partial charge in [-0.25, -0.2) is 9.97 Å². The molecule has 25 heavy (non-hydrogen) atoms. The number of fused-ring (bicyclic) bond motifs is 2. The van der Waals surface area contributed by atoms with Crippen LogP contribution in [0.5, 0.6) is 5.88 Å². The first-order valence-corrected chi connectivity index (χ1v) is 8.93. The number of ether oxygens (including phenoxy) is 1. The summed E-state index contributed by atoms with van der Waals surface area (Å²) in [5, 5.41) is 0.781. The zero-order valence-corrected chi connectivity index (χ0v) is 15.1. The van der Waals surface area contributed by atoms with Gasteiger partial charge in [0.15, 0.2) is 6.61 Å². The van der Waals surface area contributed by atoms with Crippen molar-refractivity contribution in [2.24, 2.45) is 0 Å². The van der Waals surface area contributed by atoms with E-state index < -0.39 is 0 Å². The fourth-order valence-corrected chi connectivity index (χ4v) is 3.48. The predicted molar refractivity (Wildman–Crippen MR) is 99.8 cm³/mol. The zero-order valence-electron chi connectivity index (χ0n) is 13.5. The van der Waals surface area contributed by atoms with Crippen molar-refractivity contribution in [1.29, 1.82) is 0 Å². The number of anilines is 1. The summed E-state index contributed by atoms with van der Waals surface area (Å²) >= 11 is 3.44. The highest BCUT2D eigenvalue weighted by molar-refractivity contribution is 9.10. The standard InChI is InChI=1S/C19H16BrN3O2/c20-14-7-8-16-15(10-14)19(22-12-21-16)25-11-18(24)23-9-3-5-13-4-1-2-6-17(13)23/h1-2,4,6-8,10,12H,3,5,9,11H2. The summed E-state index contributed by atoms with van der Waals surface area (Å²) in [6.45, 7) is 0.669. The number of hydrogen-bond acceptors (Lipinski definition) is 4. The molecule has 126 valence electrons. The molecule has 1 amide bonds. The Labute approximate surface area is 153 Å². The predicted octanol–water partition coefficient (Wildman–Crippen LogP) is 3.75. The Kier molecular flexibility index (Phi) is 4.36. The fourth-order valence-electron chi connectivity index (χ4n) is 3.12. The van der Waals surface area contributed by atoms with E-state index in [0.29, 0.717) is 5.88 Å². The van der Waals surface area contributed by atoms with Crippen molar-refractivity contribution in [1.82, 2.24) is 9.97 Å². The van der Waals surface area contributed by atoms with Crippen LogP contribution >= 0.6 is 15.9 Å². The summed E-state index contributed by atoms with van der Waals surface area (Å²) < 4.78 is 6.65. The Hall–Kier alpha value is -2.47. The minimum absolute atomic E-state index is 0.0486. The van der Waals surface area contributed by atoms with E-state index >= 15 is 0 Å². The normalized spacial score (nSPS) is 13.6. The monoisotopic (exact) mass is 397 g/mol. The molecule has 0 saturated heterocycles. The van der Waals surface area contributed by atoms with E-state index in [-0.39, 0.29) is 12.5 Å². The Morgan fingerprint density at radius 1 is 1.20 bits per heavy atom. The first-order valence-electron chi connectivity index (χ1n) is 8.14. The molecule has 1 aliphatic heterocycles. The number of carbonyl (C=O) groups excluding carboxylic acids is 1. The molecule has 0 radical (unpaired) electrons. The number of para-hydroxylation sites is 1. The van der Waals surface area contributed by atoms with E-state index in [1.807, 2.05) is 36.4 Å². The van der Waals surface area contributed by atoms with Gasteiger partial charge in [0.2, 0.25) is 5.88 Å². The number of rotatable bonds is 3. The first kappa shape index (κ1) is 16.0. The van der Waals surface area contributed by atoms with Gasteiger partial charge in [-0.2, -0.15) is 0 Å². The van der Waals surface area contributed by atoms with Crippen molar-refractivity contribution in [3.05, 3.63) is 58.8 Å². The zero-order chi connectivity index (χ0) is 17.2. The van der Waals surface area contributed by atoms with Crippen LogP contribution in [-0.2, 0) is 11.2 Å². The molecule has 0 saturated carbocycles. The second-order valence-electron chi connectivity index (χ2n) is 5.91. The Balaban J connectivity index is 1.55. The van der Waals surface area contributed by atoms with Crippen LogP contribution in [0.1, 0.15) is 12.0 Å². The van der Waals surface area contributed by atoms with Gasteiger partial charge in [-0.3, -0.25) is 4.79 Å². The third-order valence-corrected chi connectivity index (χ3v) is 4.80. The van der Waals surface area contributed by atoms with Gasteiger partial charge < -0.3 is 9.64 Å². The number of amides is 1. The number of nitrogens with zero attached hydrogens (tertiary/aromatic N) is 3. The number of halogens is 1. The molecule has 0 atom stereocenters. The SMILES string of the molecule is O=C(COc1ncnc2ccc(Br)cc12)N1CCCc2ccccc21. The molecule has 0 aliphatic carbocycles. The lowest BCUT2D eigenvalue weighted by atomic mass is 10.0. The highest BCUT2D eigenvalue weighted by atomic mass is 79.9. The highest BCUT2D eigenvalue weighted by Gasteiger charge is 2.22. The van der Waals surface area contributed by atoms with Crippen molar-refractivity contribution < 1.29 is 9.53 Å². The maximum Gasteiger partial charge on any atom is 0.264 e. The van der Waals surface area contributed by atoms with Crippen LogP contribution in [0.25, 0.3) is 10.9 Å². The highest BCUT2D eigenvalue weighted by Crippen LogP contribution is 2.28. The summed E-state index contributed by atoms with van der Waals surface area (Å²) in [5.41, 5.74) is 2.97. The third kappa shape index (κ3) is 3.22. The molecule has 0 fully saturated rings. The molecule has 0 unspecified atom stereocenters. The summed E-state index contributed by atoms with van der Waals surface area (Å²) in [6.07, 6.45) is 3.42. The molecule has 5 nitrogen and oxygen atoms in total. The molecular weight excluding hydrogens is 382 g/mol. The van der Waals surface area contributed by atoms with Gasteiger partial charge in [0.05, 0.1) is 10.9 Å². The molecule has 2 heterocycles. The molecule has 1 aromatic heterocycles. The van der Waals surface area contributed by atoms with Gasteiger partial charge in [0.1, 0.15) is 6.33 Å². The lowest BCUT2D eigenvalue weighted by Crippen LogP contribution is -2.38. The van der Waals surface area contributed by atoms with Crippen molar-refractivity contribution >= 4 is 38.4 Å². The topological polar surface area (TPSA) is 55.3 Å². The van der Waals surface area contributed by atoms with Crippen LogP contribution in [-0.4, -0.2) is 29.0 Å². The third-order valence-electron chi connectivity index (χ3n) is 4.30.